The van der Waals surface area contributed by atoms with E-state index in [0.717, 1.165) is 19.5 Å². The van der Waals surface area contributed by atoms with Gasteiger partial charge in [0.1, 0.15) is 0 Å². The summed E-state index contributed by atoms with van der Waals surface area (Å²) in [5, 5.41) is 2.80. The van der Waals surface area contributed by atoms with Crippen molar-refractivity contribution in [3.8, 4) is 0 Å². The van der Waals surface area contributed by atoms with E-state index < -0.39 is 0 Å². The van der Waals surface area contributed by atoms with Gasteiger partial charge in [-0.2, -0.15) is 0 Å². The average molecular weight is 171 g/mol. The van der Waals surface area contributed by atoms with Gasteiger partial charge in [-0.05, 0) is 20.3 Å². The number of hydrogen-bond donors (Lipinski definition) is 2. The van der Waals surface area contributed by atoms with Gasteiger partial charge in [0, 0.05) is 19.6 Å². The van der Waals surface area contributed by atoms with E-state index in [4.69, 9.17) is 5.73 Å². The molecule has 0 aromatic rings. The summed E-state index contributed by atoms with van der Waals surface area (Å²) < 4.78 is 0. The number of nitrogens with one attached hydrogen (secondary N) is 1. The number of nitrogens with two attached hydrogens (primary N) is 1. The molecule has 70 valence electrons. The van der Waals surface area contributed by atoms with Gasteiger partial charge in [0.2, 0.25) is 0 Å². The van der Waals surface area contributed by atoms with E-state index in [2.05, 4.69) is 5.32 Å². The van der Waals surface area contributed by atoms with Gasteiger partial charge >= 0.3 is 6.03 Å². The summed E-state index contributed by atoms with van der Waals surface area (Å²) in [6.07, 6.45) is 1.01. The molecule has 0 bridgehead atoms. The SMILES string of the molecule is CC(C)(CN)N1CCCNC1=O. The van der Waals surface area contributed by atoms with Gasteiger partial charge in [0.25, 0.3) is 0 Å². The van der Waals surface area contributed by atoms with E-state index in [0.29, 0.717) is 6.54 Å². The molecule has 1 rings (SSSR count). The topological polar surface area (TPSA) is 58.4 Å². The lowest BCUT2D eigenvalue weighted by Crippen LogP contribution is -2.58. The molecule has 2 amide bonds. The molecule has 1 saturated heterocycles. The minimum atomic E-state index is -0.218. The summed E-state index contributed by atoms with van der Waals surface area (Å²) in [4.78, 5) is 13.2. The highest BCUT2D eigenvalue weighted by molar-refractivity contribution is 5.75. The van der Waals surface area contributed by atoms with Crippen molar-refractivity contribution in [2.75, 3.05) is 19.6 Å². The Kier molecular flexibility index (Phi) is 2.57. The third-order valence-electron chi connectivity index (χ3n) is 2.31. The van der Waals surface area contributed by atoms with E-state index >= 15 is 0 Å². The molecule has 4 heteroatoms. The zero-order valence-corrected chi connectivity index (χ0v) is 7.76. The molecule has 1 aliphatic heterocycles. The van der Waals surface area contributed by atoms with Gasteiger partial charge in [-0.1, -0.05) is 0 Å². The molecular weight excluding hydrogens is 154 g/mol. The Balaban J connectivity index is 2.65. The minimum absolute atomic E-state index is 0.0108. The first kappa shape index (κ1) is 9.32. The van der Waals surface area contributed by atoms with Gasteiger partial charge in [-0.25, -0.2) is 4.79 Å². The Morgan fingerprint density at radius 3 is 2.83 bits per heavy atom. The molecule has 1 heterocycles. The maximum atomic E-state index is 11.4. The monoisotopic (exact) mass is 171 g/mol. The highest BCUT2D eigenvalue weighted by atomic mass is 16.2. The third-order valence-corrected chi connectivity index (χ3v) is 2.31. The van der Waals surface area contributed by atoms with Crippen LogP contribution in [0.25, 0.3) is 0 Å². The number of amides is 2. The van der Waals surface area contributed by atoms with Crippen LogP contribution in [-0.4, -0.2) is 36.1 Å². The van der Waals surface area contributed by atoms with Crippen LogP contribution in [0, 0.1) is 0 Å². The second-order valence-corrected chi connectivity index (χ2v) is 3.75. The Morgan fingerprint density at radius 2 is 2.33 bits per heavy atom. The van der Waals surface area contributed by atoms with Crippen LogP contribution >= 0.6 is 0 Å². The summed E-state index contributed by atoms with van der Waals surface area (Å²) in [5.74, 6) is 0. The van der Waals surface area contributed by atoms with Gasteiger partial charge in [0.15, 0.2) is 0 Å². The zero-order valence-electron chi connectivity index (χ0n) is 7.76. The largest absolute Gasteiger partial charge is 0.338 e. The fraction of sp³-hybridized carbons (Fsp3) is 0.875. The molecule has 0 radical (unpaired) electrons. The first-order chi connectivity index (χ1) is 5.58. The number of carbonyl (C=O) groups is 1. The molecule has 1 aliphatic rings. The summed E-state index contributed by atoms with van der Waals surface area (Å²) in [6, 6.07) is 0.0108. The molecule has 0 spiro atoms. The first-order valence-corrected chi connectivity index (χ1v) is 4.33. The normalized spacial score (nSPS) is 19.2. The maximum Gasteiger partial charge on any atom is 0.317 e. The number of hydrogen-bond acceptors (Lipinski definition) is 2. The second kappa shape index (κ2) is 3.31. The van der Waals surface area contributed by atoms with Crippen LogP contribution in [0.15, 0.2) is 0 Å². The van der Waals surface area contributed by atoms with Crippen LogP contribution in [0.3, 0.4) is 0 Å². The van der Waals surface area contributed by atoms with E-state index in [9.17, 15) is 4.79 Å². The van der Waals surface area contributed by atoms with Crippen molar-refractivity contribution in [3.05, 3.63) is 0 Å². The van der Waals surface area contributed by atoms with E-state index in [-0.39, 0.29) is 11.6 Å². The highest BCUT2D eigenvalue weighted by Gasteiger charge is 2.30. The van der Waals surface area contributed by atoms with Crippen molar-refractivity contribution in [2.24, 2.45) is 5.73 Å². The lowest BCUT2D eigenvalue weighted by atomic mass is 10.0. The molecule has 0 atom stereocenters. The Hall–Kier alpha value is -0.770. The lowest BCUT2D eigenvalue weighted by Gasteiger charge is -2.40. The van der Waals surface area contributed by atoms with Crippen LogP contribution in [0.2, 0.25) is 0 Å². The van der Waals surface area contributed by atoms with Crippen molar-refractivity contribution >= 4 is 6.03 Å². The van der Waals surface area contributed by atoms with Crippen molar-refractivity contribution in [3.63, 3.8) is 0 Å². The molecule has 0 aromatic heterocycles. The van der Waals surface area contributed by atoms with Crippen molar-refractivity contribution in [2.45, 2.75) is 25.8 Å². The summed E-state index contributed by atoms with van der Waals surface area (Å²) in [6.45, 7) is 6.07. The second-order valence-electron chi connectivity index (χ2n) is 3.75. The standard InChI is InChI=1S/C8H17N3O/c1-8(2,6-9)11-5-3-4-10-7(11)12/h3-6,9H2,1-2H3,(H,10,12). The Morgan fingerprint density at radius 1 is 1.67 bits per heavy atom. The van der Waals surface area contributed by atoms with E-state index in [1.54, 1.807) is 4.90 Å². The van der Waals surface area contributed by atoms with E-state index in [1.807, 2.05) is 13.8 Å². The van der Waals surface area contributed by atoms with Crippen LogP contribution in [0.4, 0.5) is 4.79 Å². The highest BCUT2D eigenvalue weighted by Crippen LogP contribution is 2.15. The Labute approximate surface area is 73.1 Å². The molecule has 4 nitrogen and oxygen atoms in total. The number of nitrogens with zero attached hydrogens (tertiary/aromatic N) is 1. The van der Waals surface area contributed by atoms with Crippen molar-refractivity contribution in [1.29, 1.82) is 0 Å². The van der Waals surface area contributed by atoms with Crippen LogP contribution in [-0.2, 0) is 0 Å². The molecule has 0 aromatic carbocycles. The summed E-state index contributed by atoms with van der Waals surface area (Å²) in [7, 11) is 0. The molecule has 0 saturated carbocycles. The van der Waals surface area contributed by atoms with Gasteiger partial charge in [-0.3, -0.25) is 0 Å². The van der Waals surface area contributed by atoms with Crippen LogP contribution < -0.4 is 11.1 Å². The van der Waals surface area contributed by atoms with Crippen molar-refractivity contribution < 1.29 is 4.79 Å². The van der Waals surface area contributed by atoms with Crippen LogP contribution in [0.5, 0.6) is 0 Å². The zero-order chi connectivity index (χ0) is 9.19. The summed E-state index contributed by atoms with van der Waals surface area (Å²) >= 11 is 0. The lowest BCUT2D eigenvalue weighted by molar-refractivity contribution is 0.126. The summed E-state index contributed by atoms with van der Waals surface area (Å²) in [5.41, 5.74) is 5.36. The van der Waals surface area contributed by atoms with Gasteiger partial charge in [0.05, 0.1) is 5.54 Å². The van der Waals surface area contributed by atoms with Gasteiger partial charge in [-0.15, -0.1) is 0 Å². The maximum absolute atomic E-state index is 11.4. The predicted octanol–water partition coefficient (Wildman–Crippen LogP) is 0.139. The molecule has 0 unspecified atom stereocenters. The fourth-order valence-corrected chi connectivity index (χ4v) is 1.32. The van der Waals surface area contributed by atoms with E-state index in [1.165, 1.54) is 0 Å². The quantitative estimate of drug-likeness (QED) is 0.621. The van der Waals surface area contributed by atoms with Crippen LogP contribution in [0.1, 0.15) is 20.3 Å². The average Bonchev–Trinajstić information content (AvgIpc) is 2.05. The first-order valence-electron chi connectivity index (χ1n) is 4.33. The molecule has 0 aliphatic carbocycles. The molecule has 3 N–H and O–H groups in total. The Bertz CT molecular complexity index is 179. The fourth-order valence-electron chi connectivity index (χ4n) is 1.32. The molecule has 12 heavy (non-hydrogen) atoms. The number of urea groups is 1. The molecular formula is C8H17N3O. The number of carbonyl (C=O) groups excluding carboxylic acids is 1. The van der Waals surface area contributed by atoms with Crippen molar-refractivity contribution in [1.82, 2.24) is 10.2 Å². The smallest absolute Gasteiger partial charge is 0.317 e. The van der Waals surface area contributed by atoms with Gasteiger partial charge < -0.3 is 16.0 Å². The number of rotatable bonds is 2. The minimum Gasteiger partial charge on any atom is -0.338 e. The predicted molar refractivity (Wildman–Crippen MR) is 47.9 cm³/mol. The third kappa shape index (κ3) is 1.69. The molecule has 1 fully saturated rings.